The summed E-state index contributed by atoms with van der Waals surface area (Å²) in [5, 5.41) is 47.0. The Bertz CT molecular complexity index is 2790. The van der Waals surface area contributed by atoms with E-state index in [1.807, 2.05) is 18.2 Å². The van der Waals surface area contributed by atoms with Crippen molar-refractivity contribution in [2.75, 3.05) is 6.54 Å². The molecule has 7 amide bonds. The summed E-state index contributed by atoms with van der Waals surface area (Å²) >= 11 is 0. The lowest BCUT2D eigenvalue weighted by Gasteiger charge is -2.26. The molecule has 73 heavy (non-hydrogen) atoms. The molecule has 25 heteroatoms. The normalized spacial score (nSPS) is 14.1. The second-order valence-electron chi connectivity index (χ2n) is 17.8. The van der Waals surface area contributed by atoms with Gasteiger partial charge in [-0.3, -0.25) is 47.9 Å². The zero-order chi connectivity index (χ0) is 53.4. The van der Waals surface area contributed by atoms with Crippen LogP contribution >= 0.6 is 0 Å². The monoisotopic (exact) mass is 1010 g/mol. The maximum absolute atomic E-state index is 14.3. The van der Waals surface area contributed by atoms with Crippen LogP contribution in [0.1, 0.15) is 63.3 Å². The molecule has 5 aromatic rings. The van der Waals surface area contributed by atoms with Gasteiger partial charge in [0.25, 0.3) is 0 Å². The van der Waals surface area contributed by atoms with E-state index in [1.54, 1.807) is 56.6 Å². The summed E-state index contributed by atoms with van der Waals surface area (Å²) in [6, 6.07) is 4.35. The highest BCUT2D eigenvalue weighted by Crippen LogP contribution is 2.21. The number of aromatic nitrogens is 4. The molecule has 390 valence electrons. The summed E-state index contributed by atoms with van der Waals surface area (Å²) in [4.78, 5) is 144. The van der Waals surface area contributed by atoms with Gasteiger partial charge in [0, 0.05) is 65.4 Å². The summed E-state index contributed by atoms with van der Waals surface area (Å²) in [7, 11) is 0. The second-order valence-corrected chi connectivity index (χ2v) is 17.8. The van der Waals surface area contributed by atoms with E-state index in [9.17, 15) is 63.3 Å². The zero-order valence-electron chi connectivity index (χ0n) is 40.2. The Morgan fingerprint density at radius 3 is 1.70 bits per heavy atom. The van der Waals surface area contributed by atoms with Crippen LogP contribution in [-0.4, -0.2) is 143 Å². The third-order valence-electron chi connectivity index (χ3n) is 11.6. The smallest absolute Gasteiger partial charge is 0.325 e. The quantitative estimate of drug-likeness (QED) is 0.0293. The lowest BCUT2D eigenvalue weighted by Crippen LogP contribution is -2.59. The third kappa shape index (κ3) is 16.5. The molecule has 7 atom stereocenters. The van der Waals surface area contributed by atoms with Crippen LogP contribution in [0.2, 0.25) is 0 Å². The molecular formula is C48H60N12O13. The van der Waals surface area contributed by atoms with Gasteiger partial charge >= 0.3 is 17.9 Å². The van der Waals surface area contributed by atoms with E-state index < -0.39 is 127 Å². The Morgan fingerprint density at radius 1 is 0.589 bits per heavy atom. The largest absolute Gasteiger partial charge is 0.481 e. The number of carboxylic acids is 3. The maximum atomic E-state index is 14.3. The topological polar surface area (TPSA) is 402 Å². The molecule has 15 N–H and O–H groups in total. The fraction of sp³-hybridized carbons (Fsp3) is 0.396. The standard InChI is InChI=1S/C48H60N12O13/c1-24(2)14-35(46(70)59-37(17-28-21-50-23-54-28)45(69)55-25(3)48(72)73)58-47(71)36(16-27-20-52-33-11-7-5-9-30(27)33)56-39(61)22-53-43(67)38(18-41(64)65)60-44(68)34(12-13-40(62)63)57-42(66)31(49)15-26-19-51-32-10-6-4-8-29(26)32/h4-11,19-21,23-25,31,34-38,51-52H,12-18,22,49H2,1-3H3,(H,50,54)(H,53,67)(H,55,69)(H,56,61)(H,57,66)(H,58,71)(H,59,70)(H,60,68)(H,62,63)(H,64,65)(H,72,73)/t25-,31-,34-,35-,36-,37-,38-/m0/s1. The Labute approximate surface area is 417 Å². The Hall–Kier alpha value is -8.61. The van der Waals surface area contributed by atoms with Gasteiger partial charge < -0.3 is 73.2 Å². The highest BCUT2D eigenvalue weighted by molar-refractivity contribution is 5.98. The number of imidazole rings is 1. The summed E-state index contributed by atoms with van der Waals surface area (Å²) in [6.45, 7) is 3.94. The number of carboxylic acid groups (broad SMARTS) is 3. The number of nitrogens with one attached hydrogen (secondary N) is 10. The average Bonchev–Trinajstić information content (AvgIpc) is 4.11. The van der Waals surface area contributed by atoms with Gasteiger partial charge in [0.15, 0.2) is 0 Å². The fourth-order valence-corrected chi connectivity index (χ4v) is 7.82. The van der Waals surface area contributed by atoms with Crippen LogP contribution < -0.4 is 43.0 Å². The molecule has 3 heterocycles. The van der Waals surface area contributed by atoms with Crippen LogP contribution in [-0.2, 0) is 67.2 Å². The molecule has 0 bridgehead atoms. The second kappa shape index (κ2) is 26.0. The van der Waals surface area contributed by atoms with Crippen molar-refractivity contribution < 1.29 is 63.3 Å². The first-order valence-corrected chi connectivity index (χ1v) is 23.3. The van der Waals surface area contributed by atoms with Gasteiger partial charge in [-0.15, -0.1) is 0 Å². The van der Waals surface area contributed by atoms with Crippen LogP contribution in [0, 0.1) is 5.92 Å². The maximum Gasteiger partial charge on any atom is 0.325 e. The first-order chi connectivity index (χ1) is 34.7. The van der Waals surface area contributed by atoms with Crippen molar-refractivity contribution in [3.63, 3.8) is 0 Å². The molecule has 0 radical (unpaired) electrons. The number of nitrogens with two attached hydrogens (primary N) is 1. The van der Waals surface area contributed by atoms with Crippen molar-refractivity contribution in [1.29, 1.82) is 0 Å². The fourth-order valence-electron chi connectivity index (χ4n) is 7.82. The number of benzene rings is 2. The molecule has 0 aliphatic rings. The summed E-state index contributed by atoms with van der Waals surface area (Å²) in [6.07, 6.45) is 3.76. The van der Waals surface area contributed by atoms with E-state index in [2.05, 4.69) is 57.2 Å². The number of nitrogens with zero attached hydrogens (tertiary/aromatic N) is 1. The predicted molar refractivity (Wildman–Crippen MR) is 261 cm³/mol. The summed E-state index contributed by atoms with van der Waals surface area (Å²) in [5.41, 5.74) is 9.39. The number of carbonyl (C=O) groups excluding carboxylic acids is 7. The molecule has 0 fully saturated rings. The van der Waals surface area contributed by atoms with Gasteiger partial charge in [-0.1, -0.05) is 50.2 Å². The zero-order valence-corrected chi connectivity index (χ0v) is 40.2. The first-order valence-electron chi connectivity index (χ1n) is 23.3. The number of para-hydroxylation sites is 2. The predicted octanol–water partition coefficient (Wildman–Crippen LogP) is -0.757. The Balaban J connectivity index is 1.29. The number of rotatable bonds is 28. The number of carbonyl (C=O) groups is 10. The van der Waals surface area contributed by atoms with Crippen molar-refractivity contribution in [2.45, 2.75) is 108 Å². The van der Waals surface area contributed by atoms with Crippen LogP contribution in [0.4, 0.5) is 0 Å². The Morgan fingerprint density at radius 2 is 1.12 bits per heavy atom. The molecule has 2 aromatic carbocycles. The number of H-pyrrole nitrogens is 3. The third-order valence-corrected chi connectivity index (χ3v) is 11.6. The van der Waals surface area contributed by atoms with Gasteiger partial charge in [0.1, 0.15) is 36.3 Å². The molecule has 0 aliphatic heterocycles. The minimum absolute atomic E-state index is 0.0260. The van der Waals surface area contributed by atoms with E-state index in [0.717, 1.165) is 10.9 Å². The number of aromatic amines is 3. The molecular weight excluding hydrogens is 953 g/mol. The van der Waals surface area contributed by atoms with Crippen molar-refractivity contribution in [1.82, 2.24) is 57.2 Å². The molecule has 0 saturated carbocycles. The van der Waals surface area contributed by atoms with E-state index in [0.29, 0.717) is 27.7 Å². The van der Waals surface area contributed by atoms with Gasteiger partial charge in [0.05, 0.1) is 25.3 Å². The lowest BCUT2D eigenvalue weighted by atomic mass is 10.00. The molecule has 3 aromatic heterocycles. The van der Waals surface area contributed by atoms with Crippen LogP contribution in [0.15, 0.2) is 73.4 Å². The van der Waals surface area contributed by atoms with Crippen LogP contribution in [0.5, 0.6) is 0 Å². The number of amides is 7. The van der Waals surface area contributed by atoms with Crippen molar-refractivity contribution in [3.8, 4) is 0 Å². The Kier molecular flexibility index (Phi) is 19.7. The number of aliphatic carboxylic acids is 3. The molecule has 0 unspecified atom stereocenters. The van der Waals surface area contributed by atoms with E-state index in [-0.39, 0.29) is 31.6 Å². The van der Waals surface area contributed by atoms with E-state index in [1.165, 1.54) is 19.4 Å². The van der Waals surface area contributed by atoms with Crippen LogP contribution in [0.3, 0.4) is 0 Å². The minimum Gasteiger partial charge on any atom is -0.481 e. The van der Waals surface area contributed by atoms with Gasteiger partial charge in [0.2, 0.25) is 41.4 Å². The van der Waals surface area contributed by atoms with Gasteiger partial charge in [-0.2, -0.15) is 0 Å². The van der Waals surface area contributed by atoms with Crippen LogP contribution in [0.25, 0.3) is 21.8 Å². The van der Waals surface area contributed by atoms with Crippen molar-refractivity contribution in [3.05, 3.63) is 90.3 Å². The SMILES string of the molecule is CC(C)C[C@H](NC(=O)[C@H](Cc1c[nH]c2ccccc12)NC(=O)CNC(=O)[C@H](CC(=O)O)NC(=O)[C@H](CCC(=O)O)NC(=O)[C@@H](N)Cc1c[nH]c2ccccc12)C(=O)N[C@@H](Cc1cnc[nH]1)C(=O)N[C@@H](C)C(=O)O. The summed E-state index contributed by atoms with van der Waals surface area (Å²) in [5.74, 6) is -11.0. The van der Waals surface area contributed by atoms with Crippen molar-refractivity contribution in [2.24, 2.45) is 11.7 Å². The number of hydrogen-bond donors (Lipinski definition) is 14. The van der Waals surface area contributed by atoms with Gasteiger partial charge in [-0.05, 0) is 55.4 Å². The van der Waals surface area contributed by atoms with Gasteiger partial charge in [-0.25, -0.2) is 4.98 Å². The summed E-state index contributed by atoms with van der Waals surface area (Å²) < 4.78 is 0. The molecule has 0 aliphatic carbocycles. The van der Waals surface area contributed by atoms with Crippen molar-refractivity contribution >= 4 is 81.1 Å². The number of fused-ring (bicyclic) bond motifs is 2. The molecule has 0 spiro atoms. The highest BCUT2D eigenvalue weighted by Gasteiger charge is 2.34. The first kappa shape index (κ1) is 55.3. The minimum atomic E-state index is -1.85. The number of hydrogen-bond acceptors (Lipinski definition) is 12. The highest BCUT2D eigenvalue weighted by atomic mass is 16.4. The van der Waals surface area contributed by atoms with E-state index >= 15 is 0 Å². The average molecular weight is 1010 g/mol. The molecule has 25 nitrogen and oxygen atoms in total. The van der Waals surface area contributed by atoms with E-state index in [4.69, 9.17) is 5.73 Å². The molecule has 0 saturated heterocycles. The lowest BCUT2D eigenvalue weighted by molar-refractivity contribution is -0.142. The molecule has 5 rings (SSSR count).